The molecule has 1 saturated carbocycles. The summed E-state index contributed by atoms with van der Waals surface area (Å²) in [5.74, 6) is -1.60. The van der Waals surface area contributed by atoms with Crippen LogP contribution in [-0.4, -0.2) is 29.1 Å². The maximum absolute atomic E-state index is 14.6. The molecule has 0 spiro atoms. The molecule has 2 aromatic carbocycles. The van der Waals surface area contributed by atoms with Crippen molar-refractivity contribution in [2.24, 2.45) is 5.92 Å². The Bertz CT molecular complexity index is 1010. The Balaban J connectivity index is 1.45. The highest BCUT2D eigenvalue weighted by molar-refractivity contribution is 5.71. The zero-order valence-corrected chi connectivity index (χ0v) is 18.4. The third-order valence-electron chi connectivity index (χ3n) is 6.68. The van der Waals surface area contributed by atoms with Crippen molar-refractivity contribution in [1.82, 2.24) is 4.90 Å². The van der Waals surface area contributed by atoms with Crippen molar-refractivity contribution in [3.8, 4) is 5.75 Å². The maximum atomic E-state index is 14.6. The molecule has 33 heavy (non-hydrogen) atoms. The second-order valence-corrected chi connectivity index (χ2v) is 9.07. The molecule has 8 heteroatoms. The van der Waals surface area contributed by atoms with E-state index in [-0.39, 0.29) is 11.7 Å². The van der Waals surface area contributed by atoms with Gasteiger partial charge < -0.3 is 9.84 Å². The molecule has 1 aliphatic heterocycles. The van der Waals surface area contributed by atoms with E-state index in [1.165, 1.54) is 6.07 Å². The number of carbonyl (C=O) groups is 1. The molecule has 2 aromatic rings. The first kappa shape index (κ1) is 23.5. The van der Waals surface area contributed by atoms with Gasteiger partial charge in [-0.05, 0) is 48.9 Å². The fraction of sp³-hybridized carbons (Fsp3) is 0.480. The number of carboxylic acid groups (broad SMARTS) is 1. The Morgan fingerprint density at radius 1 is 1.15 bits per heavy atom. The van der Waals surface area contributed by atoms with E-state index in [0.717, 1.165) is 31.7 Å². The Labute approximate surface area is 190 Å². The van der Waals surface area contributed by atoms with Gasteiger partial charge in [-0.3, -0.25) is 9.69 Å². The summed E-state index contributed by atoms with van der Waals surface area (Å²) in [5, 5.41) is 8.94. The number of nitrogens with zero attached hydrogens (tertiary/aromatic N) is 1. The predicted octanol–water partition coefficient (Wildman–Crippen LogP) is 6.16. The van der Waals surface area contributed by atoms with E-state index < -0.39 is 35.5 Å². The summed E-state index contributed by atoms with van der Waals surface area (Å²) in [4.78, 5) is 12.7. The molecule has 0 aromatic heterocycles. The lowest BCUT2D eigenvalue weighted by Crippen LogP contribution is -2.49. The Morgan fingerprint density at radius 2 is 1.85 bits per heavy atom. The smallest absolute Gasteiger partial charge is 0.416 e. The van der Waals surface area contributed by atoms with Crippen LogP contribution < -0.4 is 4.74 Å². The Kier molecular flexibility index (Phi) is 6.66. The molecule has 0 amide bonds. The largest absolute Gasteiger partial charge is 0.486 e. The molecule has 4 nitrogen and oxygen atoms in total. The first-order valence-electron chi connectivity index (χ1n) is 11.2. The molecule has 4 rings (SSSR count). The van der Waals surface area contributed by atoms with Crippen LogP contribution in [0.15, 0.2) is 36.4 Å². The van der Waals surface area contributed by atoms with Gasteiger partial charge in [0.15, 0.2) is 0 Å². The van der Waals surface area contributed by atoms with Crippen molar-refractivity contribution in [3.63, 3.8) is 0 Å². The second-order valence-electron chi connectivity index (χ2n) is 9.07. The van der Waals surface area contributed by atoms with Crippen LogP contribution in [0.25, 0.3) is 0 Å². The van der Waals surface area contributed by atoms with Gasteiger partial charge in [-0.2, -0.15) is 13.2 Å². The summed E-state index contributed by atoms with van der Waals surface area (Å²) in [6, 6.07) is 8.76. The van der Waals surface area contributed by atoms with Gasteiger partial charge in [0.05, 0.1) is 11.5 Å². The number of rotatable bonds is 7. The van der Waals surface area contributed by atoms with Crippen LogP contribution in [-0.2, 0) is 17.5 Å². The number of carboxylic acids is 1. The topological polar surface area (TPSA) is 49.8 Å². The first-order valence-corrected chi connectivity index (χ1v) is 11.2. The van der Waals surface area contributed by atoms with Gasteiger partial charge in [-0.15, -0.1) is 0 Å². The highest BCUT2D eigenvalue weighted by atomic mass is 19.4. The molecule has 1 aliphatic carbocycles. The number of alkyl halides is 3. The lowest BCUT2D eigenvalue weighted by atomic mass is 9.90. The Hall–Kier alpha value is -2.61. The molecule has 1 N–H and O–H groups in total. The van der Waals surface area contributed by atoms with Crippen LogP contribution in [0.1, 0.15) is 66.9 Å². The van der Waals surface area contributed by atoms with E-state index in [1.807, 2.05) is 4.90 Å². The molecule has 178 valence electrons. The summed E-state index contributed by atoms with van der Waals surface area (Å²) in [5.41, 5.74) is 0.536. The minimum Gasteiger partial charge on any atom is -0.486 e. The maximum Gasteiger partial charge on any atom is 0.416 e. The van der Waals surface area contributed by atoms with E-state index in [9.17, 15) is 22.4 Å². The van der Waals surface area contributed by atoms with Crippen molar-refractivity contribution < 1.29 is 32.2 Å². The summed E-state index contributed by atoms with van der Waals surface area (Å²) in [6.45, 7) is 2.69. The number of halogens is 4. The van der Waals surface area contributed by atoms with Gasteiger partial charge in [0.2, 0.25) is 0 Å². The van der Waals surface area contributed by atoms with E-state index in [1.54, 1.807) is 31.2 Å². The molecule has 2 fully saturated rings. The first-order chi connectivity index (χ1) is 15.6. The van der Waals surface area contributed by atoms with Crippen molar-refractivity contribution >= 4 is 5.97 Å². The van der Waals surface area contributed by atoms with E-state index in [4.69, 9.17) is 9.84 Å². The molecule has 0 radical (unpaired) electrons. The fourth-order valence-corrected chi connectivity index (χ4v) is 4.76. The van der Waals surface area contributed by atoms with Crippen LogP contribution >= 0.6 is 0 Å². The van der Waals surface area contributed by atoms with Crippen molar-refractivity contribution in [2.45, 2.75) is 57.3 Å². The summed E-state index contributed by atoms with van der Waals surface area (Å²) in [6.07, 6.45) is -1.70. The average Bonchev–Trinajstić information content (AvgIpc) is 3.25. The molecular formula is C25H27F4NO3. The monoisotopic (exact) mass is 465 g/mol. The van der Waals surface area contributed by atoms with Crippen LogP contribution in [0.3, 0.4) is 0 Å². The highest BCUT2D eigenvalue weighted by Crippen LogP contribution is 2.42. The fourth-order valence-electron chi connectivity index (χ4n) is 4.76. The van der Waals surface area contributed by atoms with Gasteiger partial charge in [0, 0.05) is 31.3 Å². The molecule has 1 unspecified atom stereocenters. The minimum atomic E-state index is -4.45. The van der Waals surface area contributed by atoms with Gasteiger partial charge >= 0.3 is 12.1 Å². The Morgan fingerprint density at radius 3 is 2.45 bits per heavy atom. The average molecular weight is 465 g/mol. The third-order valence-corrected chi connectivity index (χ3v) is 6.68. The van der Waals surface area contributed by atoms with E-state index >= 15 is 0 Å². The lowest BCUT2D eigenvalue weighted by Gasteiger charge is -2.36. The van der Waals surface area contributed by atoms with Crippen molar-refractivity contribution in [3.05, 3.63) is 64.5 Å². The van der Waals surface area contributed by atoms with Gasteiger partial charge in [-0.25, -0.2) is 4.39 Å². The molecule has 1 heterocycles. The number of aliphatic carboxylic acids is 1. The number of likely N-dealkylation sites (tertiary alicyclic amines) is 1. The van der Waals surface area contributed by atoms with Gasteiger partial charge in [-0.1, -0.05) is 31.0 Å². The van der Waals surface area contributed by atoms with Crippen LogP contribution in [0, 0.1) is 11.7 Å². The standard InChI is InChI=1S/C25H27F4NO3/c1-15(17-7-9-21(16-4-2-3-5-16)22(10-17)25(27,28)29)33-20-8-6-18(23(26)11-20)12-30-13-19(14-30)24(31)32/h6-11,15-16,19H,2-5,12-14H2,1H3,(H,31,32). The van der Waals surface area contributed by atoms with Crippen molar-refractivity contribution in [1.29, 1.82) is 0 Å². The second kappa shape index (κ2) is 9.33. The third kappa shape index (κ3) is 5.32. The van der Waals surface area contributed by atoms with Crippen LogP contribution in [0.5, 0.6) is 5.75 Å². The molecular weight excluding hydrogens is 438 g/mol. The molecule has 2 aliphatic rings. The van der Waals surface area contributed by atoms with Gasteiger partial charge in [0.1, 0.15) is 17.7 Å². The number of benzene rings is 2. The molecule has 0 bridgehead atoms. The van der Waals surface area contributed by atoms with Gasteiger partial charge in [0.25, 0.3) is 0 Å². The van der Waals surface area contributed by atoms with Crippen molar-refractivity contribution in [2.75, 3.05) is 13.1 Å². The normalized spacial score (nSPS) is 18.8. The number of hydrogen-bond donors (Lipinski definition) is 1. The van der Waals surface area contributed by atoms with E-state index in [0.29, 0.717) is 36.3 Å². The zero-order valence-electron chi connectivity index (χ0n) is 18.4. The lowest BCUT2D eigenvalue weighted by molar-refractivity contribution is -0.147. The minimum absolute atomic E-state index is 0.0641. The quantitative estimate of drug-likeness (QED) is 0.498. The number of ether oxygens (including phenoxy) is 1. The van der Waals surface area contributed by atoms with Crippen LogP contribution in [0.4, 0.5) is 17.6 Å². The van der Waals surface area contributed by atoms with Crippen LogP contribution in [0.2, 0.25) is 0 Å². The molecule has 1 atom stereocenters. The SMILES string of the molecule is CC(Oc1ccc(CN2CC(C(=O)O)C2)c(F)c1)c1ccc(C2CCCC2)c(C(F)(F)F)c1. The number of hydrogen-bond acceptors (Lipinski definition) is 3. The van der Waals surface area contributed by atoms with E-state index in [2.05, 4.69) is 0 Å². The summed E-state index contributed by atoms with van der Waals surface area (Å²) >= 11 is 0. The highest BCUT2D eigenvalue weighted by Gasteiger charge is 2.36. The predicted molar refractivity (Wildman–Crippen MR) is 114 cm³/mol. The molecule has 1 saturated heterocycles. The zero-order chi connectivity index (χ0) is 23.8. The summed E-state index contributed by atoms with van der Waals surface area (Å²) in [7, 11) is 0. The summed E-state index contributed by atoms with van der Waals surface area (Å²) < 4.78 is 61.6.